The van der Waals surface area contributed by atoms with E-state index >= 15 is 0 Å². The maximum atomic E-state index is 12.4. The first kappa shape index (κ1) is 9.89. The second kappa shape index (κ2) is 5.66. The Hall–Kier alpha value is -0.110. The second-order valence-corrected chi connectivity index (χ2v) is 2.50. The molecule has 1 saturated heterocycles. The molecule has 2 heteroatoms. The number of nitrogens with zero attached hydrogens (tertiary/aromatic N) is 1. The third kappa shape index (κ3) is 3.83. The average molecular weight is 147 g/mol. The summed E-state index contributed by atoms with van der Waals surface area (Å²) in [5.74, 6) is 0. The average Bonchev–Trinajstić information content (AvgIpc) is 1.91. The molecule has 0 aromatic rings. The third-order valence-corrected chi connectivity index (χ3v) is 1.57. The highest BCUT2D eigenvalue weighted by Crippen LogP contribution is 2.09. The van der Waals surface area contributed by atoms with E-state index in [9.17, 15) is 4.39 Å². The number of hydrogen-bond acceptors (Lipinski definition) is 1. The van der Waals surface area contributed by atoms with E-state index in [1.54, 1.807) is 0 Å². The first-order chi connectivity index (χ1) is 4.79. The summed E-state index contributed by atoms with van der Waals surface area (Å²) < 4.78 is 12.4. The van der Waals surface area contributed by atoms with Crippen LogP contribution >= 0.6 is 0 Å². The number of halogens is 1. The van der Waals surface area contributed by atoms with Crippen LogP contribution in [0.15, 0.2) is 0 Å². The Labute approximate surface area is 63.2 Å². The van der Waals surface area contributed by atoms with E-state index in [-0.39, 0.29) is 0 Å². The molecule has 0 saturated carbocycles. The van der Waals surface area contributed by atoms with Gasteiger partial charge in [0.1, 0.15) is 6.17 Å². The molecule has 1 heterocycles. The summed E-state index contributed by atoms with van der Waals surface area (Å²) >= 11 is 0. The standard InChI is InChI=1S/C6H12FN.C2H6/c1-8-4-2-3-6(7)5-8;1-2/h6H,2-5H2,1H3;1-2H3. The zero-order valence-corrected chi connectivity index (χ0v) is 7.23. The highest BCUT2D eigenvalue weighted by Gasteiger charge is 2.14. The van der Waals surface area contributed by atoms with Crippen LogP contribution in [-0.4, -0.2) is 31.2 Å². The lowest BCUT2D eigenvalue weighted by atomic mass is 10.1. The van der Waals surface area contributed by atoms with E-state index in [4.69, 9.17) is 0 Å². The van der Waals surface area contributed by atoms with Gasteiger partial charge in [-0.1, -0.05) is 13.8 Å². The lowest BCUT2D eigenvalue weighted by Crippen LogP contribution is -2.32. The zero-order valence-electron chi connectivity index (χ0n) is 7.23. The van der Waals surface area contributed by atoms with Gasteiger partial charge >= 0.3 is 0 Å². The minimum Gasteiger partial charge on any atom is -0.303 e. The predicted molar refractivity (Wildman–Crippen MR) is 43.0 cm³/mol. The summed E-state index contributed by atoms with van der Waals surface area (Å²) in [6.07, 6.45) is 1.23. The Kier molecular flexibility index (Phi) is 5.60. The van der Waals surface area contributed by atoms with Crippen LogP contribution in [-0.2, 0) is 0 Å². The van der Waals surface area contributed by atoms with E-state index < -0.39 is 6.17 Å². The highest BCUT2D eigenvalue weighted by molar-refractivity contribution is 4.68. The summed E-state index contributed by atoms with van der Waals surface area (Å²) in [6, 6.07) is 0. The van der Waals surface area contributed by atoms with E-state index in [2.05, 4.69) is 0 Å². The van der Waals surface area contributed by atoms with Gasteiger partial charge in [-0.05, 0) is 26.4 Å². The van der Waals surface area contributed by atoms with Crippen molar-refractivity contribution in [2.45, 2.75) is 32.9 Å². The summed E-state index contributed by atoms with van der Waals surface area (Å²) in [5.41, 5.74) is 0. The highest BCUT2D eigenvalue weighted by atomic mass is 19.1. The summed E-state index contributed by atoms with van der Waals surface area (Å²) in [5, 5.41) is 0. The Balaban J connectivity index is 0.000000371. The van der Waals surface area contributed by atoms with Crippen molar-refractivity contribution in [3.63, 3.8) is 0 Å². The summed E-state index contributed by atoms with van der Waals surface area (Å²) in [6.45, 7) is 5.71. The lowest BCUT2D eigenvalue weighted by Gasteiger charge is -2.24. The van der Waals surface area contributed by atoms with Gasteiger partial charge in [-0.15, -0.1) is 0 Å². The van der Waals surface area contributed by atoms with Gasteiger partial charge in [-0.3, -0.25) is 0 Å². The SMILES string of the molecule is CC.CN1CCCC(F)C1. The molecule has 1 rings (SSSR count). The Morgan fingerprint density at radius 2 is 2.00 bits per heavy atom. The summed E-state index contributed by atoms with van der Waals surface area (Å²) in [4.78, 5) is 2.04. The number of piperidine rings is 1. The van der Waals surface area contributed by atoms with Gasteiger partial charge in [0.2, 0.25) is 0 Å². The molecule has 62 valence electrons. The Bertz CT molecular complexity index is 67.7. The molecular weight excluding hydrogens is 129 g/mol. The zero-order chi connectivity index (χ0) is 7.98. The van der Waals surface area contributed by atoms with Crippen LogP contribution in [0.3, 0.4) is 0 Å². The van der Waals surface area contributed by atoms with Crippen molar-refractivity contribution >= 4 is 0 Å². The van der Waals surface area contributed by atoms with E-state index in [0.29, 0.717) is 6.54 Å². The molecule has 0 bridgehead atoms. The molecule has 0 aliphatic carbocycles. The molecule has 1 aliphatic rings. The molecule has 0 amide bonds. The van der Waals surface area contributed by atoms with Crippen molar-refractivity contribution in [1.29, 1.82) is 0 Å². The molecule has 10 heavy (non-hydrogen) atoms. The normalized spacial score (nSPS) is 27.0. The van der Waals surface area contributed by atoms with Crippen molar-refractivity contribution in [3.8, 4) is 0 Å². The molecule has 0 aromatic heterocycles. The second-order valence-electron chi connectivity index (χ2n) is 2.50. The number of rotatable bonds is 0. The fourth-order valence-corrected chi connectivity index (χ4v) is 1.10. The molecule has 1 fully saturated rings. The van der Waals surface area contributed by atoms with E-state index in [1.807, 2.05) is 25.8 Å². The third-order valence-electron chi connectivity index (χ3n) is 1.57. The van der Waals surface area contributed by atoms with Crippen molar-refractivity contribution in [2.75, 3.05) is 20.1 Å². The van der Waals surface area contributed by atoms with Crippen molar-refractivity contribution in [2.24, 2.45) is 0 Å². The topological polar surface area (TPSA) is 3.24 Å². The Morgan fingerprint density at radius 3 is 2.30 bits per heavy atom. The quantitative estimate of drug-likeness (QED) is 0.507. The van der Waals surface area contributed by atoms with Gasteiger partial charge in [-0.2, -0.15) is 0 Å². The molecule has 1 unspecified atom stereocenters. The largest absolute Gasteiger partial charge is 0.303 e. The van der Waals surface area contributed by atoms with Gasteiger partial charge < -0.3 is 4.90 Å². The fraction of sp³-hybridized carbons (Fsp3) is 1.00. The molecule has 1 aliphatic heterocycles. The minimum absolute atomic E-state index is 0.561. The van der Waals surface area contributed by atoms with Crippen LogP contribution in [0.1, 0.15) is 26.7 Å². The summed E-state index contributed by atoms with van der Waals surface area (Å²) in [7, 11) is 1.96. The van der Waals surface area contributed by atoms with Crippen molar-refractivity contribution in [1.82, 2.24) is 4.90 Å². The van der Waals surface area contributed by atoms with Gasteiger partial charge in [0.05, 0.1) is 0 Å². The van der Waals surface area contributed by atoms with Gasteiger partial charge in [0.15, 0.2) is 0 Å². The van der Waals surface area contributed by atoms with Crippen LogP contribution in [0.4, 0.5) is 4.39 Å². The molecule has 0 aromatic carbocycles. The van der Waals surface area contributed by atoms with E-state index in [0.717, 1.165) is 19.4 Å². The van der Waals surface area contributed by atoms with Crippen LogP contribution < -0.4 is 0 Å². The lowest BCUT2D eigenvalue weighted by molar-refractivity contribution is 0.163. The van der Waals surface area contributed by atoms with Gasteiger partial charge in [0, 0.05) is 6.54 Å². The fourth-order valence-electron chi connectivity index (χ4n) is 1.10. The van der Waals surface area contributed by atoms with Gasteiger partial charge in [0.25, 0.3) is 0 Å². The van der Waals surface area contributed by atoms with E-state index in [1.165, 1.54) is 0 Å². The molecule has 0 N–H and O–H groups in total. The minimum atomic E-state index is -0.561. The van der Waals surface area contributed by atoms with Crippen LogP contribution in [0.25, 0.3) is 0 Å². The number of hydrogen-bond donors (Lipinski definition) is 0. The van der Waals surface area contributed by atoms with Gasteiger partial charge in [-0.25, -0.2) is 4.39 Å². The predicted octanol–water partition coefficient (Wildman–Crippen LogP) is 2.08. The molecule has 1 nitrogen and oxygen atoms in total. The monoisotopic (exact) mass is 147 g/mol. The Morgan fingerprint density at radius 1 is 1.40 bits per heavy atom. The van der Waals surface area contributed by atoms with Crippen LogP contribution in [0.5, 0.6) is 0 Å². The number of likely N-dealkylation sites (tertiary alicyclic amines) is 1. The first-order valence-electron chi connectivity index (χ1n) is 4.11. The van der Waals surface area contributed by atoms with Crippen LogP contribution in [0.2, 0.25) is 0 Å². The number of alkyl halides is 1. The molecule has 1 atom stereocenters. The molecular formula is C8H18FN. The van der Waals surface area contributed by atoms with Crippen LogP contribution in [0, 0.1) is 0 Å². The van der Waals surface area contributed by atoms with Crippen molar-refractivity contribution in [3.05, 3.63) is 0 Å². The molecule has 0 radical (unpaired) electrons. The smallest absolute Gasteiger partial charge is 0.113 e. The maximum Gasteiger partial charge on any atom is 0.113 e. The molecule has 0 spiro atoms. The first-order valence-corrected chi connectivity index (χ1v) is 4.11. The van der Waals surface area contributed by atoms with Crippen molar-refractivity contribution < 1.29 is 4.39 Å². The maximum absolute atomic E-state index is 12.4.